The predicted molar refractivity (Wildman–Crippen MR) is 79.9 cm³/mol. The molecule has 1 aromatic heterocycles. The molecule has 0 fully saturated rings. The molecule has 2 heterocycles. The summed E-state index contributed by atoms with van der Waals surface area (Å²) in [6.45, 7) is 0.810. The van der Waals surface area contributed by atoms with E-state index in [-0.39, 0.29) is 11.4 Å². The van der Waals surface area contributed by atoms with Crippen molar-refractivity contribution in [2.75, 3.05) is 6.54 Å². The van der Waals surface area contributed by atoms with Crippen LogP contribution in [0.2, 0.25) is 0 Å². The molecule has 2 aromatic rings. The van der Waals surface area contributed by atoms with Gasteiger partial charge in [0.1, 0.15) is 5.82 Å². The van der Waals surface area contributed by atoms with Crippen molar-refractivity contribution >= 4 is 21.4 Å². The van der Waals surface area contributed by atoms with Crippen LogP contribution in [0.3, 0.4) is 0 Å². The smallest absolute Gasteiger partial charge is 0.243 e. The monoisotopic (exact) mass is 326 g/mol. The molecule has 1 aliphatic heterocycles. The lowest BCUT2D eigenvalue weighted by atomic mass is 10.1. The number of fused-ring (bicyclic) bond motifs is 1. The Bertz CT molecular complexity index is 771. The van der Waals surface area contributed by atoms with Gasteiger partial charge in [0, 0.05) is 24.5 Å². The first kappa shape index (κ1) is 14.6. The molecule has 0 saturated carbocycles. The lowest BCUT2D eigenvalue weighted by Crippen LogP contribution is -2.36. The number of thiophene rings is 1. The van der Waals surface area contributed by atoms with Crippen molar-refractivity contribution in [2.45, 2.75) is 24.4 Å². The van der Waals surface area contributed by atoms with Gasteiger partial charge in [-0.15, -0.1) is 11.3 Å². The molecule has 4 nitrogen and oxygen atoms in total. The molecule has 112 valence electrons. The molecule has 0 spiro atoms. The van der Waals surface area contributed by atoms with Gasteiger partial charge in [-0.05, 0) is 41.1 Å². The number of hydrogen-bond acceptors (Lipinski definition) is 4. The van der Waals surface area contributed by atoms with Crippen molar-refractivity contribution in [3.05, 3.63) is 51.5 Å². The Hall–Kier alpha value is -1.28. The molecule has 1 aromatic carbocycles. The van der Waals surface area contributed by atoms with Gasteiger partial charge in [0.15, 0.2) is 0 Å². The average Bonchev–Trinajstić information content (AvgIpc) is 2.94. The molecular formula is C14H15FN2O2S2. The highest BCUT2D eigenvalue weighted by Crippen LogP contribution is 2.29. The highest BCUT2D eigenvalue weighted by atomic mass is 32.2. The van der Waals surface area contributed by atoms with Crippen LogP contribution in [-0.4, -0.2) is 19.3 Å². The molecule has 0 unspecified atom stereocenters. The lowest BCUT2D eigenvalue weighted by Gasteiger charge is -2.27. The minimum atomic E-state index is -3.73. The summed E-state index contributed by atoms with van der Waals surface area (Å²) in [6.07, 6.45) is 0.694. The zero-order chi connectivity index (χ0) is 15.0. The van der Waals surface area contributed by atoms with E-state index in [4.69, 9.17) is 5.73 Å². The highest BCUT2D eigenvalue weighted by molar-refractivity contribution is 7.89. The van der Waals surface area contributed by atoms with Crippen molar-refractivity contribution in [3.63, 3.8) is 0 Å². The van der Waals surface area contributed by atoms with Gasteiger partial charge < -0.3 is 5.73 Å². The SMILES string of the molecule is NCc1ccc(F)cc1S(=O)(=O)N1CCc2sccc2C1. The fraction of sp³-hybridized carbons (Fsp3) is 0.286. The fourth-order valence-electron chi connectivity index (χ4n) is 2.50. The van der Waals surface area contributed by atoms with Crippen LogP contribution in [0.1, 0.15) is 16.0 Å². The number of rotatable bonds is 3. The minimum absolute atomic E-state index is 0.0244. The Morgan fingerprint density at radius 2 is 2.14 bits per heavy atom. The molecule has 21 heavy (non-hydrogen) atoms. The summed E-state index contributed by atoms with van der Waals surface area (Å²) in [4.78, 5) is 1.20. The summed E-state index contributed by atoms with van der Waals surface area (Å²) in [7, 11) is -3.73. The Labute approximate surface area is 127 Å². The van der Waals surface area contributed by atoms with E-state index >= 15 is 0 Å². The lowest BCUT2D eigenvalue weighted by molar-refractivity contribution is 0.393. The maximum atomic E-state index is 13.4. The third-order valence-electron chi connectivity index (χ3n) is 3.64. The van der Waals surface area contributed by atoms with Crippen LogP contribution >= 0.6 is 11.3 Å². The predicted octanol–water partition coefficient (Wildman–Crippen LogP) is 2.09. The number of hydrogen-bond donors (Lipinski definition) is 1. The Morgan fingerprint density at radius 1 is 1.33 bits per heavy atom. The van der Waals surface area contributed by atoms with Gasteiger partial charge in [0.25, 0.3) is 0 Å². The number of nitrogens with two attached hydrogens (primary N) is 1. The summed E-state index contributed by atoms with van der Waals surface area (Å²) in [5, 5.41) is 1.97. The van der Waals surface area contributed by atoms with E-state index in [1.165, 1.54) is 21.3 Å². The van der Waals surface area contributed by atoms with Gasteiger partial charge in [-0.25, -0.2) is 12.8 Å². The van der Waals surface area contributed by atoms with Gasteiger partial charge in [-0.3, -0.25) is 0 Å². The largest absolute Gasteiger partial charge is 0.326 e. The third-order valence-corrected chi connectivity index (χ3v) is 6.59. The van der Waals surface area contributed by atoms with Crippen LogP contribution < -0.4 is 5.73 Å². The summed E-state index contributed by atoms with van der Waals surface area (Å²) in [5.74, 6) is -0.570. The summed E-state index contributed by atoms with van der Waals surface area (Å²) in [5.41, 5.74) is 7.05. The maximum Gasteiger partial charge on any atom is 0.243 e. The molecule has 1 aliphatic rings. The average molecular weight is 326 g/mol. The Morgan fingerprint density at radius 3 is 2.90 bits per heavy atom. The second-order valence-corrected chi connectivity index (χ2v) is 7.82. The number of halogens is 1. The second-order valence-electron chi connectivity index (χ2n) is 4.91. The van der Waals surface area contributed by atoms with Crippen LogP contribution in [0.4, 0.5) is 4.39 Å². The van der Waals surface area contributed by atoms with E-state index in [0.29, 0.717) is 25.1 Å². The first-order chi connectivity index (χ1) is 10.0. The highest BCUT2D eigenvalue weighted by Gasteiger charge is 2.30. The molecule has 0 bridgehead atoms. The van der Waals surface area contributed by atoms with E-state index < -0.39 is 15.8 Å². The molecule has 3 rings (SSSR count). The van der Waals surface area contributed by atoms with E-state index in [1.807, 2.05) is 11.4 Å². The zero-order valence-electron chi connectivity index (χ0n) is 11.3. The van der Waals surface area contributed by atoms with Crippen LogP contribution in [0.5, 0.6) is 0 Å². The molecule has 7 heteroatoms. The molecule has 0 aliphatic carbocycles. The van der Waals surface area contributed by atoms with Gasteiger partial charge >= 0.3 is 0 Å². The molecule has 0 saturated heterocycles. The van der Waals surface area contributed by atoms with Gasteiger partial charge in [-0.1, -0.05) is 6.07 Å². The van der Waals surface area contributed by atoms with Crippen LogP contribution in [0.15, 0.2) is 34.5 Å². The van der Waals surface area contributed by atoms with Gasteiger partial charge in [0.2, 0.25) is 10.0 Å². The van der Waals surface area contributed by atoms with Crippen molar-refractivity contribution < 1.29 is 12.8 Å². The summed E-state index contributed by atoms with van der Waals surface area (Å²) in [6, 6.07) is 5.66. The van der Waals surface area contributed by atoms with E-state index in [0.717, 1.165) is 11.6 Å². The van der Waals surface area contributed by atoms with E-state index in [9.17, 15) is 12.8 Å². The van der Waals surface area contributed by atoms with Crippen LogP contribution in [-0.2, 0) is 29.5 Å². The molecular weight excluding hydrogens is 311 g/mol. The molecule has 0 radical (unpaired) electrons. The molecule has 0 amide bonds. The first-order valence-electron chi connectivity index (χ1n) is 6.56. The molecule has 0 atom stereocenters. The first-order valence-corrected chi connectivity index (χ1v) is 8.88. The number of sulfonamides is 1. The maximum absolute atomic E-state index is 13.4. The normalized spacial score (nSPS) is 15.9. The van der Waals surface area contributed by atoms with Crippen molar-refractivity contribution in [3.8, 4) is 0 Å². The van der Waals surface area contributed by atoms with Crippen molar-refractivity contribution in [2.24, 2.45) is 5.73 Å². The second kappa shape index (κ2) is 5.49. The van der Waals surface area contributed by atoms with Crippen molar-refractivity contribution in [1.82, 2.24) is 4.31 Å². The summed E-state index contributed by atoms with van der Waals surface area (Å²) < 4.78 is 40.4. The Kier molecular flexibility index (Phi) is 3.83. The van der Waals surface area contributed by atoms with Gasteiger partial charge in [0.05, 0.1) is 4.90 Å². The number of nitrogens with zero attached hydrogens (tertiary/aromatic N) is 1. The van der Waals surface area contributed by atoms with Crippen molar-refractivity contribution in [1.29, 1.82) is 0 Å². The summed E-state index contributed by atoms with van der Waals surface area (Å²) >= 11 is 1.64. The van der Waals surface area contributed by atoms with Gasteiger partial charge in [-0.2, -0.15) is 4.31 Å². The third kappa shape index (κ3) is 2.62. The zero-order valence-corrected chi connectivity index (χ0v) is 12.9. The number of benzene rings is 1. The van der Waals surface area contributed by atoms with E-state index in [1.54, 1.807) is 11.3 Å². The van der Waals surface area contributed by atoms with Crippen LogP contribution in [0.25, 0.3) is 0 Å². The standard InChI is InChI=1S/C14H15FN2O2S2/c15-12-2-1-10(8-16)14(7-12)21(18,19)17-5-3-13-11(9-17)4-6-20-13/h1-2,4,6-7H,3,5,8-9,16H2. The fourth-order valence-corrected chi connectivity index (χ4v) is 5.06. The van der Waals surface area contributed by atoms with Crippen LogP contribution in [0, 0.1) is 5.82 Å². The molecule has 2 N–H and O–H groups in total. The topological polar surface area (TPSA) is 63.4 Å². The Balaban J connectivity index is 2.00. The minimum Gasteiger partial charge on any atom is -0.326 e. The van der Waals surface area contributed by atoms with E-state index in [2.05, 4.69) is 0 Å². The quantitative estimate of drug-likeness (QED) is 0.939.